The summed E-state index contributed by atoms with van der Waals surface area (Å²) in [4.78, 5) is 0. The topological polar surface area (TPSA) is 9.23 Å². The molecule has 0 bridgehead atoms. The van der Waals surface area contributed by atoms with E-state index in [0.29, 0.717) is 6.10 Å². The summed E-state index contributed by atoms with van der Waals surface area (Å²) in [6.45, 7) is 7.46. The Hall–Kier alpha value is -0.820. The molecule has 1 unspecified atom stereocenters. The highest BCUT2D eigenvalue weighted by molar-refractivity contribution is 5.40. The average molecular weight is 190 g/mol. The lowest BCUT2D eigenvalue weighted by molar-refractivity contribution is 0.0546. The summed E-state index contributed by atoms with van der Waals surface area (Å²) in [5, 5.41) is 0. The molecule has 1 aromatic rings. The van der Waals surface area contributed by atoms with E-state index in [1.165, 1.54) is 11.1 Å². The Kier molecular flexibility index (Phi) is 2.36. The van der Waals surface area contributed by atoms with E-state index in [9.17, 15) is 0 Å². The van der Waals surface area contributed by atoms with Crippen molar-refractivity contribution in [2.45, 2.75) is 38.7 Å². The Balaban J connectivity index is 2.39. The summed E-state index contributed by atoms with van der Waals surface area (Å²) in [6, 6.07) is 8.65. The third-order valence-electron chi connectivity index (χ3n) is 3.10. The van der Waals surface area contributed by atoms with Crippen LogP contribution in [0, 0.1) is 0 Å². The molecule has 1 nitrogen and oxygen atoms in total. The first-order valence-corrected chi connectivity index (χ1v) is 5.36. The van der Waals surface area contributed by atoms with Gasteiger partial charge >= 0.3 is 0 Å². The van der Waals surface area contributed by atoms with Crippen molar-refractivity contribution in [2.24, 2.45) is 0 Å². The maximum absolute atomic E-state index is 5.76. The lowest BCUT2D eigenvalue weighted by Gasteiger charge is -2.18. The molecule has 1 aliphatic rings. The molecule has 0 aliphatic heterocycles. The van der Waals surface area contributed by atoms with Crippen LogP contribution in [0.1, 0.15) is 44.4 Å². The number of ether oxygens (including phenoxy) is 1. The quantitative estimate of drug-likeness (QED) is 0.694. The Labute approximate surface area is 86.1 Å². The molecule has 0 saturated carbocycles. The molecule has 0 spiro atoms. The molecule has 1 aliphatic carbocycles. The van der Waals surface area contributed by atoms with Crippen molar-refractivity contribution in [3.05, 3.63) is 35.4 Å². The van der Waals surface area contributed by atoms with Crippen molar-refractivity contribution in [1.29, 1.82) is 0 Å². The van der Waals surface area contributed by atoms with E-state index in [1.54, 1.807) is 0 Å². The molecule has 0 fully saturated rings. The normalized spacial score (nSPS) is 23.5. The Morgan fingerprint density at radius 1 is 1.36 bits per heavy atom. The molecule has 0 saturated heterocycles. The lowest BCUT2D eigenvalue weighted by atomic mass is 9.87. The van der Waals surface area contributed by atoms with Crippen LogP contribution in [0.15, 0.2) is 24.3 Å². The van der Waals surface area contributed by atoms with Gasteiger partial charge in [0.05, 0.1) is 6.10 Å². The molecule has 1 heteroatoms. The fourth-order valence-corrected chi connectivity index (χ4v) is 2.43. The molecule has 1 atom stereocenters. The zero-order valence-electron chi connectivity index (χ0n) is 9.21. The molecular formula is C13H18O. The van der Waals surface area contributed by atoms with Crippen molar-refractivity contribution in [3.63, 3.8) is 0 Å². The number of fused-ring (bicyclic) bond motifs is 1. The van der Waals surface area contributed by atoms with Crippen LogP contribution in [-0.2, 0) is 10.2 Å². The standard InChI is InChI=1S/C13H18O/c1-4-14-12-9-13(2,3)11-8-6-5-7-10(11)12/h5-8,12H,4,9H2,1-3H3. The van der Waals surface area contributed by atoms with E-state index < -0.39 is 0 Å². The molecule has 0 radical (unpaired) electrons. The third kappa shape index (κ3) is 1.46. The van der Waals surface area contributed by atoms with E-state index in [0.717, 1.165) is 13.0 Å². The van der Waals surface area contributed by atoms with Gasteiger partial charge in [-0.1, -0.05) is 38.1 Å². The number of hydrogen-bond acceptors (Lipinski definition) is 1. The second kappa shape index (κ2) is 3.39. The molecule has 1 aromatic carbocycles. The van der Waals surface area contributed by atoms with Gasteiger partial charge in [0.2, 0.25) is 0 Å². The van der Waals surface area contributed by atoms with Gasteiger partial charge in [-0.15, -0.1) is 0 Å². The van der Waals surface area contributed by atoms with Crippen molar-refractivity contribution in [3.8, 4) is 0 Å². The average Bonchev–Trinajstić information content (AvgIpc) is 2.41. The van der Waals surface area contributed by atoms with E-state index in [4.69, 9.17) is 4.74 Å². The lowest BCUT2D eigenvalue weighted by Crippen LogP contribution is -2.12. The van der Waals surface area contributed by atoms with Gasteiger partial charge in [0.25, 0.3) is 0 Å². The van der Waals surface area contributed by atoms with Crippen LogP contribution in [0.3, 0.4) is 0 Å². The van der Waals surface area contributed by atoms with Gasteiger partial charge in [-0.3, -0.25) is 0 Å². The minimum atomic E-state index is 0.274. The van der Waals surface area contributed by atoms with Crippen LogP contribution in [0.4, 0.5) is 0 Å². The fraction of sp³-hybridized carbons (Fsp3) is 0.538. The third-order valence-corrected chi connectivity index (χ3v) is 3.10. The zero-order valence-corrected chi connectivity index (χ0v) is 9.21. The summed E-state index contributed by atoms with van der Waals surface area (Å²) in [5.74, 6) is 0. The fourth-order valence-electron chi connectivity index (χ4n) is 2.43. The summed E-state index contributed by atoms with van der Waals surface area (Å²) >= 11 is 0. The SMILES string of the molecule is CCOC1CC(C)(C)c2ccccc21. The molecule has 76 valence electrons. The predicted molar refractivity (Wildman–Crippen MR) is 58.5 cm³/mol. The Morgan fingerprint density at radius 2 is 2.07 bits per heavy atom. The molecule has 0 heterocycles. The van der Waals surface area contributed by atoms with Gasteiger partial charge < -0.3 is 4.74 Å². The molecule has 0 aromatic heterocycles. The van der Waals surface area contributed by atoms with Gasteiger partial charge in [0.15, 0.2) is 0 Å². The van der Waals surface area contributed by atoms with Gasteiger partial charge in [-0.2, -0.15) is 0 Å². The number of hydrogen-bond donors (Lipinski definition) is 0. The van der Waals surface area contributed by atoms with E-state index in [2.05, 4.69) is 45.0 Å². The maximum atomic E-state index is 5.76. The summed E-state index contributed by atoms with van der Waals surface area (Å²) in [7, 11) is 0. The smallest absolute Gasteiger partial charge is 0.0835 e. The molecule has 0 N–H and O–H groups in total. The predicted octanol–water partition coefficient (Wildman–Crippen LogP) is 3.45. The van der Waals surface area contributed by atoms with Crippen LogP contribution in [0.2, 0.25) is 0 Å². The Morgan fingerprint density at radius 3 is 2.79 bits per heavy atom. The second-order valence-corrected chi connectivity index (χ2v) is 4.62. The highest BCUT2D eigenvalue weighted by Crippen LogP contribution is 2.45. The second-order valence-electron chi connectivity index (χ2n) is 4.62. The summed E-state index contributed by atoms with van der Waals surface area (Å²) in [5.41, 5.74) is 3.12. The summed E-state index contributed by atoms with van der Waals surface area (Å²) in [6.07, 6.45) is 1.42. The van der Waals surface area contributed by atoms with Crippen LogP contribution in [0.25, 0.3) is 0 Å². The van der Waals surface area contributed by atoms with Crippen LogP contribution in [-0.4, -0.2) is 6.61 Å². The van der Waals surface area contributed by atoms with Crippen LogP contribution in [0.5, 0.6) is 0 Å². The number of benzene rings is 1. The highest BCUT2D eigenvalue weighted by Gasteiger charge is 2.36. The van der Waals surface area contributed by atoms with E-state index in [1.807, 2.05) is 0 Å². The van der Waals surface area contributed by atoms with Crippen molar-refractivity contribution < 1.29 is 4.74 Å². The van der Waals surface area contributed by atoms with E-state index >= 15 is 0 Å². The molecule has 0 amide bonds. The van der Waals surface area contributed by atoms with Gasteiger partial charge in [0, 0.05) is 6.61 Å². The van der Waals surface area contributed by atoms with Crippen LogP contribution < -0.4 is 0 Å². The Bertz CT molecular complexity index is 328. The molecule has 2 rings (SSSR count). The van der Waals surface area contributed by atoms with Gasteiger partial charge in [-0.05, 0) is 29.9 Å². The minimum absolute atomic E-state index is 0.274. The molecule has 14 heavy (non-hydrogen) atoms. The first kappa shape index (κ1) is 9.72. The monoisotopic (exact) mass is 190 g/mol. The number of rotatable bonds is 2. The first-order valence-electron chi connectivity index (χ1n) is 5.36. The first-order chi connectivity index (χ1) is 6.65. The zero-order chi connectivity index (χ0) is 10.2. The van der Waals surface area contributed by atoms with E-state index in [-0.39, 0.29) is 5.41 Å². The maximum Gasteiger partial charge on any atom is 0.0835 e. The van der Waals surface area contributed by atoms with Crippen molar-refractivity contribution >= 4 is 0 Å². The van der Waals surface area contributed by atoms with Crippen LogP contribution >= 0.6 is 0 Å². The van der Waals surface area contributed by atoms with Gasteiger partial charge in [0.1, 0.15) is 0 Å². The van der Waals surface area contributed by atoms with Crippen molar-refractivity contribution in [2.75, 3.05) is 6.61 Å². The van der Waals surface area contributed by atoms with Crippen molar-refractivity contribution in [1.82, 2.24) is 0 Å². The van der Waals surface area contributed by atoms with Gasteiger partial charge in [-0.25, -0.2) is 0 Å². The summed E-state index contributed by atoms with van der Waals surface area (Å²) < 4.78 is 5.76. The molecular weight excluding hydrogens is 172 g/mol. The largest absolute Gasteiger partial charge is 0.374 e. The minimum Gasteiger partial charge on any atom is -0.374 e. The highest BCUT2D eigenvalue weighted by atomic mass is 16.5.